The molecule has 1 heterocycles. The Morgan fingerprint density at radius 1 is 1.48 bits per heavy atom. The molecule has 0 saturated carbocycles. The number of ether oxygens (including phenoxy) is 2. The standard InChI is InChI=1S/C17H26N2O4/c1-12(20)19-7-8-22-16-9-14(5-6-15(16)19)23-11-13(21)10-18-17(2,3)4/h5-6,9,13,18,21H,7-8,10-11H2,1-4H3. The summed E-state index contributed by atoms with van der Waals surface area (Å²) < 4.78 is 11.2. The highest BCUT2D eigenvalue weighted by Gasteiger charge is 2.21. The van der Waals surface area contributed by atoms with Crippen LogP contribution in [0.5, 0.6) is 11.5 Å². The third kappa shape index (κ3) is 5.11. The largest absolute Gasteiger partial charge is 0.491 e. The average molecular weight is 322 g/mol. The van der Waals surface area contributed by atoms with Gasteiger partial charge in [-0.2, -0.15) is 0 Å². The van der Waals surface area contributed by atoms with Crippen molar-refractivity contribution in [2.45, 2.75) is 39.3 Å². The third-order valence-electron chi connectivity index (χ3n) is 3.49. The van der Waals surface area contributed by atoms with Gasteiger partial charge < -0.3 is 24.8 Å². The molecule has 0 saturated heterocycles. The quantitative estimate of drug-likeness (QED) is 0.861. The predicted octanol–water partition coefficient (Wildman–Crippen LogP) is 1.56. The summed E-state index contributed by atoms with van der Waals surface area (Å²) in [5.74, 6) is 1.24. The second-order valence-electron chi connectivity index (χ2n) is 6.74. The Kier molecular flexibility index (Phi) is 5.49. The Hall–Kier alpha value is -1.79. The zero-order chi connectivity index (χ0) is 17.0. The summed E-state index contributed by atoms with van der Waals surface area (Å²) in [6.45, 7) is 9.35. The molecular weight excluding hydrogens is 296 g/mol. The van der Waals surface area contributed by atoms with Crippen LogP contribution in [0.15, 0.2) is 18.2 Å². The van der Waals surface area contributed by atoms with Crippen molar-refractivity contribution in [1.82, 2.24) is 5.32 Å². The number of aliphatic hydroxyl groups excluding tert-OH is 1. The number of fused-ring (bicyclic) bond motifs is 1. The van der Waals surface area contributed by atoms with E-state index >= 15 is 0 Å². The topological polar surface area (TPSA) is 71.0 Å². The first-order valence-electron chi connectivity index (χ1n) is 7.87. The summed E-state index contributed by atoms with van der Waals surface area (Å²) in [5.41, 5.74) is 0.711. The molecule has 2 N–H and O–H groups in total. The molecule has 0 aromatic heterocycles. The first-order valence-corrected chi connectivity index (χ1v) is 7.87. The van der Waals surface area contributed by atoms with E-state index in [-0.39, 0.29) is 18.1 Å². The van der Waals surface area contributed by atoms with Crippen molar-refractivity contribution in [3.05, 3.63) is 18.2 Å². The molecule has 0 spiro atoms. The minimum absolute atomic E-state index is 0.00750. The Balaban J connectivity index is 1.93. The maximum atomic E-state index is 11.6. The minimum Gasteiger partial charge on any atom is -0.491 e. The number of benzene rings is 1. The molecule has 1 atom stereocenters. The van der Waals surface area contributed by atoms with Crippen LogP contribution in [0.1, 0.15) is 27.7 Å². The molecule has 0 fully saturated rings. The second kappa shape index (κ2) is 7.19. The highest BCUT2D eigenvalue weighted by molar-refractivity contribution is 5.93. The van der Waals surface area contributed by atoms with Gasteiger partial charge in [-0.05, 0) is 32.9 Å². The van der Waals surface area contributed by atoms with Crippen molar-refractivity contribution in [3.8, 4) is 11.5 Å². The number of nitrogens with zero attached hydrogens (tertiary/aromatic N) is 1. The Bertz CT molecular complexity index is 554. The van der Waals surface area contributed by atoms with Crippen LogP contribution in [0, 0.1) is 0 Å². The number of β-amino-alcohol motifs (C(OH)–C–C–N with tert-alkyl or cyclic N) is 1. The van der Waals surface area contributed by atoms with Gasteiger partial charge in [-0.25, -0.2) is 0 Å². The zero-order valence-electron chi connectivity index (χ0n) is 14.3. The summed E-state index contributed by atoms with van der Waals surface area (Å²) in [4.78, 5) is 13.3. The first-order chi connectivity index (χ1) is 10.8. The van der Waals surface area contributed by atoms with Gasteiger partial charge in [0.05, 0.1) is 12.2 Å². The predicted molar refractivity (Wildman–Crippen MR) is 89.2 cm³/mol. The summed E-state index contributed by atoms with van der Waals surface area (Å²) in [6, 6.07) is 5.35. The first kappa shape index (κ1) is 17.6. The molecular formula is C17H26N2O4. The van der Waals surface area contributed by atoms with Gasteiger partial charge in [0.25, 0.3) is 0 Å². The van der Waals surface area contributed by atoms with Crippen molar-refractivity contribution in [2.24, 2.45) is 0 Å². The van der Waals surface area contributed by atoms with E-state index in [0.29, 0.717) is 31.2 Å². The van der Waals surface area contributed by atoms with E-state index in [1.54, 1.807) is 17.0 Å². The number of hydrogen-bond donors (Lipinski definition) is 2. The monoisotopic (exact) mass is 322 g/mol. The molecule has 0 radical (unpaired) electrons. The van der Waals surface area contributed by atoms with E-state index < -0.39 is 6.10 Å². The fourth-order valence-corrected chi connectivity index (χ4v) is 2.29. The Morgan fingerprint density at radius 3 is 2.87 bits per heavy atom. The van der Waals surface area contributed by atoms with Crippen molar-refractivity contribution in [3.63, 3.8) is 0 Å². The van der Waals surface area contributed by atoms with Crippen molar-refractivity contribution >= 4 is 11.6 Å². The highest BCUT2D eigenvalue weighted by atomic mass is 16.5. The van der Waals surface area contributed by atoms with Gasteiger partial charge >= 0.3 is 0 Å². The lowest BCUT2D eigenvalue weighted by Gasteiger charge is -2.29. The van der Waals surface area contributed by atoms with E-state index in [1.807, 2.05) is 26.8 Å². The van der Waals surface area contributed by atoms with Crippen molar-refractivity contribution in [1.29, 1.82) is 0 Å². The third-order valence-corrected chi connectivity index (χ3v) is 3.49. The van der Waals surface area contributed by atoms with Gasteiger partial charge in [0.1, 0.15) is 30.8 Å². The molecule has 128 valence electrons. The van der Waals surface area contributed by atoms with Crippen LogP contribution in [-0.4, -0.2) is 49.0 Å². The molecule has 1 amide bonds. The van der Waals surface area contributed by atoms with Crippen LogP contribution in [0.25, 0.3) is 0 Å². The summed E-state index contributed by atoms with van der Waals surface area (Å²) in [5, 5.41) is 13.2. The number of hydrogen-bond acceptors (Lipinski definition) is 5. The zero-order valence-corrected chi connectivity index (χ0v) is 14.3. The van der Waals surface area contributed by atoms with E-state index in [9.17, 15) is 9.90 Å². The van der Waals surface area contributed by atoms with Gasteiger partial charge in [-0.3, -0.25) is 4.79 Å². The molecule has 23 heavy (non-hydrogen) atoms. The highest BCUT2D eigenvalue weighted by Crippen LogP contribution is 2.34. The van der Waals surface area contributed by atoms with Crippen LogP contribution >= 0.6 is 0 Å². The number of aliphatic hydroxyl groups is 1. The van der Waals surface area contributed by atoms with Gasteiger partial charge in [-0.15, -0.1) is 0 Å². The number of anilines is 1. The lowest BCUT2D eigenvalue weighted by Crippen LogP contribution is -2.42. The fraction of sp³-hybridized carbons (Fsp3) is 0.588. The maximum absolute atomic E-state index is 11.6. The SMILES string of the molecule is CC(=O)N1CCOc2cc(OCC(O)CNC(C)(C)C)ccc21. The second-order valence-corrected chi connectivity index (χ2v) is 6.74. The molecule has 1 unspecified atom stereocenters. The van der Waals surface area contributed by atoms with Gasteiger partial charge in [0.15, 0.2) is 0 Å². The lowest BCUT2D eigenvalue weighted by atomic mass is 10.1. The fourth-order valence-electron chi connectivity index (χ4n) is 2.29. The van der Waals surface area contributed by atoms with Crippen LogP contribution in [0.4, 0.5) is 5.69 Å². The number of amides is 1. The molecule has 1 aliphatic rings. The van der Waals surface area contributed by atoms with Gasteiger partial charge in [-0.1, -0.05) is 0 Å². The van der Waals surface area contributed by atoms with Crippen LogP contribution in [0.3, 0.4) is 0 Å². The van der Waals surface area contributed by atoms with Crippen LogP contribution in [-0.2, 0) is 4.79 Å². The molecule has 6 heteroatoms. The smallest absolute Gasteiger partial charge is 0.224 e. The molecule has 0 bridgehead atoms. The summed E-state index contributed by atoms with van der Waals surface area (Å²) in [6.07, 6.45) is -0.597. The van der Waals surface area contributed by atoms with Crippen LogP contribution < -0.4 is 19.7 Å². The van der Waals surface area contributed by atoms with E-state index in [2.05, 4.69) is 5.32 Å². The number of carbonyl (C=O) groups is 1. The molecule has 6 nitrogen and oxygen atoms in total. The average Bonchev–Trinajstić information content (AvgIpc) is 2.49. The molecule has 1 aromatic rings. The van der Waals surface area contributed by atoms with Gasteiger partial charge in [0, 0.05) is 25.1 Å². The normalized spacial score (nSPS) is 15.6. The number of rotatable bonds is 5. The van der Waals surface area contributed by atoms with Crippen molar-refractivity contribution < 1.29 is 19.4 Å². The Morgan fingerprint density at radius 2 is 2.22 bits per heavy atom. The Labute approximate surface area is 137 Å². The molecule has 1 aliphatic heterocycles. The van der Waals surface area contributed by atoms with E-state index in [1.165, 1.54) is 6.92 Å². The lowest BCUT2D eigenvalue weighted by molar-refractivity contribution is -0.116. The van der Waals surface area contributed by atoms with Gasteiger partial charge in [0.2, 0.25) is 5.91 Å². The summed E-state index contributed by atoms with van der Waals surface area (Å²) in [7, 11) is 0. The number of carbonyl (C=O) groups excluding carboxylic acids is 1. The number of nitrogens with one attached hydrogen (secondary N) is 1. The van der Waals surface area contributed by atoms with E-state index in [0.717, 1.165) is 5.69 Å². The maximum Gasteiger partial charge on any atom is 0.224 e. The minimum atomic E-state index is -0.597. The molecule has 1 aromatic carbocycles. The van der Waals surface area contributed by atoms with Crippen molar-refractivity contribution in [2.75, 3.05) is 31.2 Å². The molecule has 0 aliphatic carbocycles. The van der Waals surface area contributed by atoms with Crippen LogP contribution in [0.2, 0.25) is 0 Å². The molecule has 2 rings (SSSR count). The summed E-state index contributed by atoms with van der Waals surface area (Å²) >= 11 is 0. The van der Waals surface area contributed by atoms with E-state index in [4.69, 9.17) is 9.47 Å².